The second-order valence-electron chi connectivity index (χ2n) is 3.15. The zero-order valence-electron chi connectivity index (χ0n) is 8.59. The SMILES string of the molecule is N#Cc1cnc(Sc2ccc(Cl)cn2)c(N)c1. The molecule has 0 unspecified atom stereocenters. The Morgan fingerprint density at radius 1 is 1.29 bits per heavy atom. The summed E-state index contributed by atoms with van der Waals surface area (Å²) < 4.78 is 0. The molecule has 0 amide bonds. The number of nitrogens with zero attached hydrogens (tertiary/aromatic N) is 3. The summed E-state index contributed by atoms with van der Waals surface area (Å²) >= 11 is 7.06. The van der Waals surface area contributed by atoms with E-state index in [-0.39, 0.29) is 0 Å². The van der Waals surface area contributed by atoms with E-state index in [2.05, 4.69) is 9.97 Å². The molecule has 0 aliphatic rings. The number of halogens is 1. The molecule has 17 heavy (non-hydrogen) atoms. The summed E-state index contributed by atoms with van der Waals surface area (Å²) in [5.74, 6) is 0. The van der Waals surface area contributed by atoms with E-state index in [1.54, 1.807) is 24.4 Å². The maximum atomic E-state index is 8.69. The van der Waals surface area contributed by atoms with Gasteiger partial charge in [-0.1, -0.05) is 11.6 Å². The molecule has 0 saturated carbocycles. The predicted molar refractivity (Wildman–Crippen MR) is 66.7 cm³/mol. The number of aromatic nitrogens is 2. The van der Waals surface area contributed by atoms with Crippen molar-refractivity contribution in [2.45, 2.75) is 10.1 Å². The number of nitrogens with two attached hydrogens (primary N) is 1. The van der Waals surface area contributed by atoms with Crippen molar-refractivity contribution in [1.82, 2.24) is 9.97 Å². The fraction of sp³-hybridized carbons (Fsp3) is 0. The smallest absolute Gasteiger partial charge is 0.125 e. The van der Waals surface area contributed by atoms with Crippen molar-refractivity contribution in [2.24, 2.45) is 0 Å². The van der Waals surface area contributed by atoms with E-state index in [1.165, 1.54) is 18.0 Å². The van der Waals surface area contributed by atoms with E-state index in [0.29, 0.717) is 21.3 Å². The zero-order chi connectivity index (χ0) is 12.3. The van der Waals surface area contributed by atoms with Gasteiger partial charge in [0.15, 0.2) is 0 Å². The quantitative estimate of drug-likeness (QED) is 0.901. The first kappa shape index (κ1) is 11.7. The number of nitrogen functional groups attached to an aromatic ring is 1. The number of rotatable bonds is 2. The monoisotopic (exact) mass is 262 g/mol. The molecule has 6 heteroatoms. The Bertz CT molecular complexity index is 577. The first-order valence-corrected chi connectivity index (χ1v) is 5.83. The summed E-state index contributed by atoms with van der Waals surface area (Å²) in [6.07, 6.45) is 3.04. The maximum absolute atomic E-state index is 8.69. The second kappa shape index (κ2) is 5.04. The first-order valence-electron chi connectivity index (χ1n) is 4.64. The van der Waals surface area contributed by atoms with Crippen molar-refractivity contribution in [3.05, 3.63) is 41.2 Å². The summed E-state index contributed by atoms with van der Waals surface area (Å²) in [5.41, 5.74) is 6.69. The van der Waals surface area contributed by atoms with Gasteiger partial charge in [-0.05, 0) is 30.0 Å². The van der Waals surface area contributed by atoms with Gasteiger partial charge >= 0.3 is 0 Å². The van der Waals surface area contributed by atoms with Gasteiger partial charge in [0, 0.05) is 12.4 Å². The van der Waals surface area contributed by atoms with E-state index in [4.69, 9.17) is 22.6 Å². The molecule has 0 bridgehead atoms. The molecule has 0 aliphatic heterocycles. The lowest BCUT2D eigenvalue weighted by Crippen LogP contribution is -1.93. The van der Waals surface area contributed by atoms with Gasteiger partial charge in [0.25, 0.3) is 0 Å². The largest absolute Gasteiger partial charge is 0.396 e. The highest BCUT2D eigenvalue weighted by Gasteiger charge is 2.05. The van der Waals surface area contributed by atoms with Crippen molar-refractivity contribution >= 4 is 29.1 Å². The molecule has 0 fully saturated rings. The van der Waals surface area contributed by atoms with Gasteiger partial charge in [0.2, 0.25) is 0 Å². The van der Waals surface area contributed by atoms with Crippen LogP contribution in [0.5, 0.6) is 0 Å². The van der Waals surface area contributed by atoms with Gasteiger partial charge in [-0.25, -0.2) is 9.97 Å². The zero-order valence-corrected chi connectivity index (χ0v) is 10.2. The van der Waals surface area contributed by atoms with Crippen LogP contribution >= 0.6 is 23.4 Å². The number of nitriles is 1. The van der Waals surface area contributed by atoms with Crippen LogP contribution in [0.4, 0.5) is 5.69 Å². The third-order valence-corrected chi connectivity index (χ3v) is 3.12. The van der Waals surface area contributed by atoms with Crippen LogP contribution in [-0.2, 0) is 0 Å². The van der Waals surface area contributed by atoms with Gasteiger partial charge in [-0.3, -0.25) is 0 Å². The van der Waals surface area contributed by atoms with Gasteiger partial charge < -0.3 is 5.73 Å². The predicted octanol–water partition coefficient (Wildman–Crippen LogP) is 2.74. The standard InChI is InChI=1S/C11H7ClN4S/c12-8-1-2-10(15-6-8)17-11-9(14)3-7(4-13)5-16-11/h1-3,5-6H,14H2. The average Bonchev–Trinajstić information content (AvgIpc) is 2.34. The molecule has 0 aromatic carbocycles. The minimum atomic E-state index is 0.441. The Hall–Kier alpha value is -1.77. The van der Waals surface area contributed by atoms with Crippen LogP contribution in [-0.4, -0.2) is 9.97 Å². The van der Waals surface area contributed by atoms with Crippen LogP contribution in [0.2, 0.25) is 5.02 Å². The van der Waals surface area contributed by atoms with E-state index in [9.17, 15) is 0 Å². The van der Waals surface area contributed by atoms with Crippen molar-refractivity contribution in [3.63, 3.8) is 0 Å². The molecular weight excluding hydrogens is 256 g/mol. The van der Waals surface area contributed by atoms with Crippen LogP contribution < -0.4 is 5.73 Å². The molecular formula is C11H7ClN4S. The summed E-state index contributed by atoms with van der Waals surface area (Å²) in [5, 5.41) is 10.6. The van der Waals surface area contributed by atoms with E-state index < -0.39 is 0 Å². The highest BCUT2D eigenvalue weighted by molar-refractivity contribution is 7.99. The minimum absolute atomic E-state index is 0.441. The summed E-state index contributed by atoms with van der Waals surface area (Å²) in [6, 6.07) is 7.10. The highest BCUT2D eigenvalue weighted by atomic mass is 35.5. The molecule has 0 spiro atoms. The fourth-order valence-electron chi connectivity index (χ4n) is 1.14. The molecule has 2 heterocycles. The highest BCUT2D eigenvalue weighted by Crippen LogP contribution is 2.29. The Balaban J connectivity index is 2.25. The Morgan fingerprint density at radius 3 is 2.71 bits per heavy atom. The number of pyridine rings is 2. The van der Waals surface area contributed by atoms with Crippen molar-refractivity contribution in [2.75, 3.05) is 5.73 Å². The molecule has 0 radical (unpaired) electrons. The van der Waals surface area contributed by atoms with Crippen molar-refractivity contribution in [3.8, 4) is 6.07 Å². The molecule has 0 atom stereocenters. The molecule has 2 rings (SSSR count). The van der Waals surface area contributed by atoms with E-state index in [0.717, 1.165) is 5.03 Å². The number of hydrogen-bond acceptors (Lipinski definition) is 5. The van der Waals surface area contributed by atoms with Gasteiger partial charge in [-0.15, -0.1) is 0 Å². The van der Waals surface area contributed by atoms with Crippen molar-refractivity contribution < 1.29 is 0 Å². The summed E-state index contributed by atoms with van der Waals surface area (Å²) in [7, 11) is 0. The maximum Gasteiger partial charge on any atom is 0.125 e. The molecule has 4 nitrogen and oxygen atoms in total. The molecule has 0 aliphatic carbocycles. The molecule has 84 valence electrons. The van der Waals surface area contributed by atoms with Crippen LogP contribution in [0.25, 0.3) is 0 Å². The van der Waals surface area contributed by atoms with E-state index >= 15 is 0 Å². The third kappa shape index (κ3) is 2.87. The van der Waals surface area contributed by atoms with Crippen molar-refractivity contribution in [1.29, 1.82) is 5.26 Å². The number of hydrogen-bond donors (Lipinski definition) is 1. The average molecular weight is 263 g/mol. The normalized spacial score (nSPS) is 9.88. The molecule has 0 saturated heterocycles. The topological polar surface area (TPSA) is 75.6 Å². The lowest BCUT2D eigenvalue weighted by Gasteiger charge is -2.03. The van der Waals surface area contributed by atoms with Gasteiger partial charge in [-0.2, -0.15) is 5.26 Å². The Kier molecular flexibility index (Phi) is 3.47. The van der Waals surface area contributed by atoms with Gasteiger partial charge in [0.1, 0.15) is 16.1 Å². The van der Waals surface area contributed by atoms with Crippen LogP contribution in [0.15, 0.2) is 40.6 Å². The Morgan fingerprint density at radius 2 is 2.12 bits per heavy atom. The Labute approximate surface area is 107 Å². The van der Waals surface area contributed by atoms with Crippen LogP contribution in [0, 0.1) is 11.3 Å². The van der Waals surface area contributed by atoms with Crippen LogP contribution in [0.3, 0.4) is 0 Å². The number of anilines is 1. The molecule has 2 aromatic rings. The van der Waals surface area contributed by atoms with Gasteiger partial charge in [0.05, 0.1) is 16.3 Å². The second-order valence-corrected chi connectivity index (χ2v) is 4.59. The minimum Gasteiger partial charge on any atom is -0.396 e. The van der Waals surface area contributed by atoms with E-state index in [1.807, 2.05) is 6.07 Å². The fourth-order valence-corrected chi connectivity index (χ4v) is 1.97. The molecule has 2 N–H and O–H groups in total. The lowest BCUT2D eigenvalue weighted by atomic mass is 10.3. The summed E-state index contributed by atoms with van der Waals surface area (Å²) in [6.45, 7) is 0. The first-order chi connectivity index (χ1) is 8.19. The van der Waals surface area contributed by atoms with Crippen LogP contribution in [0.1, 0.15) is 5.56 Å². The summed E-state index contributed by atoms with van der Waals surface area (Å²) in [4.78, 5) is 8.24. The third-order valence-electron chi connectivity index (χ3n) is 1.91. The lowest BCUT2D eigenvalue weighted by molar-refractivity contribution is 1.09. The molecule has 2 aromatic heterocycles.